The van der Waals surface area contributed by atoms with Crippen molar-refractivity contribution >= 4 is 22.7 Å². The maximum Gasteiger partial charge on any atom is 0.411 e. The molecule has 4 heteroatoms. The first-order valence-electron chi connectivity index (χ1n) is 5.09. The average molecular weight is 216 g/mol. The number of pyridine rings is 1. The van der Waals surface area contributed by atoms with Crippen molar-refractivity contribution in [1.82, 2.24) is 4.98 Å². The first-order valence-corrected chi connectivity index (χ1v) is 5.09. The van der Waals surface area contributed by atoms with E-state index in [0.717, 1.165) is 10.9 Å². The molecule has 82 valence electrons. The van der Waals surface area contributed by atoms with E-state index in [1.165, 1.54) is 0 Å². The van der Waals surface area contributed by atoms with E-state index in [1.807, 2.05) is 24.3 Å². The zero-order chi connectivity index (χ0) is 11.4. The monoisotopic (exact) mass is 216 g/mol. The lowest BCUT2D eigenvalue weighted by molar-refractivity contribution is 0.168. The molecule has 0 bridgehead atoms. The van der Waals surface area contributed by atoms with E-state index in [4.69, 9.17) is 4.74 Å². The number of hydrogen-bond acceptors (Lipinski definition) is 3. The number of nitrogens with one attached hydrogen (secondary N) is 1. The van der Waals surface area contributed by atoms with Crippen LogP contribution in [0, 0.1) is 0 Å². The first kappa shape index (κ1) is 10.4. The quantitative estimate of drug-likeness (QED) is 0.839. The molecule has 1 amide bonds. The number of benzene rings is 1. The highest BCUT2D eigenvalue weighted by molar-refractivity contribution is 5.98. The summed E-state index contributed by atoms with van der Waals surface area (Å²) in [5.41, 5.74) is 1.56. The summed E-state index contributed by atoms with van der Waals surface area (Å²) >= 11 is 0. The van der Waals surface area contributed by atoms with Gasteiger partial charge in [0.1, 0.15) is 0 Å². The van der Waals surface area contributed by atoms with E-state index < -0.39 is 6.09 Å². The number of fused-ring (bicyclic) bond motifs is 1. The molecule has 0 aliphatic carbocycles. The number of amides is 1. The van der Waals surface area contributed by atoms with Gasteiger partial charge >= 0.3 is 6.09 Å². The van der Waals surface area contributed by atoms with E-state index in [9.17, 15) is 4.79 Å². The fourth-order valence-electron chi connectivity index (χ4n) is 1.48. The predicted octanol–water partition coefficient (Wildman–Crippen LogP) is 2.80. The fraction of sp³-hybridized carbons (Fsp3) is 0.167. The van der Waals surface area contributed by atoms with Crippen LogP contribution in [0.15, 0.2) is 36.5 Å². The van der Waals surface area contributed by atoms with Crippen molar-refractivity contribution in [1.29, 1.82) is 0 Å². The largest absolute Gasteiger partial charge is 0.450 e. The highest BCUT2D eigenvalue weighted by Gasteiger charge is 2.05. The first-order chi connectivity index (χ1) is 7.81. The lowest BCUT2D eigenvalue weighted by Crippen LogP contribution is -2.13. The summed E-state index contributed by atoms with van der Waals surface area (Å²) in [6.07, 6.45) is 1.21. The summed E-state index contributed by atoms with van der Waals surface area (Å²) in [6.45, 7) is 2.12. The molecule has 0 saturated carbocycles. The highest BCUT2D eigenvalue weighted by Crippen LogP contribution is 2.20. The van der Waals surface area contributed by atoms with Crippen molar-refractivity contribution in [2.45, 2.75) is 6.92 Å². The summed E-state index contributed by atoms with van der Waals surface area (Å²) in [5.74, 6) is 0. The molecule has 1 aromatic heterocycles. The molecule has 1 heterocycles. The molecule has 1 N–H and O–H groups in total. The van der Waals surface area contributed by atoms with Crippen LogP contribution in [0.4, 0.5) is 10.5 Å². The minimum absolute atomic E-state index is 0.356. The van der Waals surface area contributed by atoms with Gasteiger partial charge < -0.3 is 4.74 Å². The van der Waals surface area contributed by atoms with Gasteiger partial charge in [0.25, 0.3) is 0 Å². The van der Waals surface area contributed by atoms with Crippen LogP contribution in [0.25, 0.3) is 10.9 Å². The van der Waals surface area contributed by atoms with Crippen LogP contribution in [-0.2, 0) is 4.74 Å². The normalized spacial score (nSPS) is 10.1. The van der Waals surface area contributed by atoms with E-state index in [-0.39, 0.29) is 0 Å². The minimum atomic E-state index is -0.446. The van der Waals surface area contributed by atoms with Gasteiger partial charge in [0.15, 0.2) is 0 Å². The Kier molecular flexibility index (Phi) is 3.00. The highest BCUT2D eigenvalue weighted by atomic mass is 16.5. The molecule has 2 aromatic rings. The molecule has 0 aliphatic rings. The molecule has 0 spiro atoms. The lowest BCUT2D eigenvalue weighted by Gasteiger charge is -2.07. The van der Waals surface area contributed by atoms with Gasteiger partial charge in [0.2, 0.25) is 0 Å². The van der Waals surface area contributed by atoms with Gasteiger partial charge in [-0.1, -0.05) is 18.2 Å². The molecule has 16 heavy (non-hydrogen) atoms. The van der Waals surface area contributed by atoms with E-state index >= 15 is 0 Å². The van der Waals surface area contributed by atoms with Crippen LogP contribution >= 0.6 is 0 Å². The number of nitrogens with zero attached hydrogens (tertiary/aromatic N) is 1. The number of ether oxygens (including phenoxy) is 1. The molecule has 0 aliphatic heterocycles. The van der Waals surface area contributed by atoms with Crippen molar-refractivity contribution in [3.05, 3.63) is 36.5 Å². The molecular weight excluding hydrogens is 204 g/mol. The van der Waals surface area contributed by atoms with Crippen LogP contribution in [0.2, 0.25) is 0 Å². The number of carbonyl (C=O) groups excluding carboxylic acids is 1. The molecule has 0 saturated heterocycles. The zero-order valence-corrected chi connectivity index (χ0v) is 8.93. The van der Waals surface area contributed by atoms with Crippen LogP contribution in [0.1, 0.15) is 6.92 Å². The van der Waals surface area contributed by atoms with Crippen molar-refractivity contribution in [2.24, 2.45) is 0 Å². The van der Waals surface area contributed by atoms with Gasteiger partial charge in [-0.15, -0.1) is 0 Å². The Labute approximate surface area is 93.3 Å². The van der Waals surface area contributed by atoms with Gasteiger partial charge in [-0.25, -0.2) is 4.79 Å². The van der Waals surface area contributed by atoms with Gasteiger partial charge in [0.05, 0.1) is 17.8 Å². The Hall–Kier alpha value is -2.10. The van der Waals surface area contributed by atoms with E-state index in [2.05, 4.69) is 10.3 Å². The summed E-state index contributed by atoms with van der Waals surface area (Å²) in [6, 6.07) is 9.36. The predicted molar refractivity (Wildman–Crippen MR) is 62.4 cm³/mol. The van der Waals surface area contributed by atoms with Gasteiger partial charge in [0, 0.05) is 11.6 Å². The standard InChI is InChI=1S/C12H12N2O2/c1-2-16-12(15)14-11-7-8-13-10-6-4-3-5-9(10)11/h3-8H,2H2,1H3,(H,13,14,15). The molecular formula is C12H12N2O2. The number of hydrogen-bond donors (Lipinski definition) is 1. The fourth-order valence-corrected chi connectivity index (χ4v) is 1.48. The molecule has 0 radical (unpaired) electrons. The summed E-state index contributed by atoms with van der Waals surface area (Å²) in [5, 5.41) is 3.59. The van der Waals surface area contributed by atoms with Crippen LogP contribution in [-0.4, -0.2) is 17.7 Å². The summed E-state index contributed by atoms with van der Waals surface area (Å²) < 4.78 is 4.82. The molecule has 0 atom stereocenters. The van der Waals surface area contributed by atoms with E-state index in [1.54, 1.807) is 19.2 Å². The zero-order valence-electron chi connectivity index (χ0n) is 8.93. The molecule has 0 fully saturated rings. The van der Waals surface area contributed by atoms with Crippen molar-refractivity contribution < 1.29 is 9.53 Å². The number of anilines is 1. The summed E-state index contributed by atoms with van der Waals surface area (Å²) in [4.78, 5) is 15.5. The Morgan fingerprint density at radius 3 is 3.00 bits per heavy atom. The average Bonchev–Trinajstić information content (AvgIpc) is 2.30. The van der Waals surface area contributed by atoms with Gasteiger partial charge in [-0.3, -0.25) is 10.3 Å². The molecule has 2 rings (SSSR count). The Bertz CT molecular complexity index is 506. The Morgan fingerprint density at radius 2 is 2.19 bits per heavy atom. The maximum absolute atomic E-state index is 11.3. The van der Waals surface area contributed by atoms with Gasteiger partial charge in [-0.05, 0) is 19.1 Å². The van der Waals surface area contributed by atoms with Crippen molar-refractivity contribution in [3.63, 3.8) is 0 Å². The third kappa shape index (κ3) is 2.11. The number of rotatable bonds is 2. The molecule has 0 unspecified atom stereocenters. The SMILES string of the molecule is CCOC(=O)Nc1ccnc2ccccc12. The molecule has 1 aromatic carbocycles. The minimum Gasteiger partial charge on any atom is -0.450 e. The van der Waals surface area contributed by atoms with Crippen molar-refractivity contribution in [3.8, 4) is 0 Å². The Balaban J connectivity index is 2.33. The Morgan fingerprint density at radius 1 is 1.38 bits per heavy atom. The topological polar surface area (TPSA) is 51.2 Å². The second kappa shape index (κ2) is 4.61. The number of para-hydroxylation sites is 1. The van der Waals surface area contributed by atoms with Crippen LogP contribution in [0.3, 0.4) is 0 Å². The van der Waals surface area contributed by atoms with Crippen molar-refractivity contribution in [2.75, 3.05) is 11.9 Å². The third-order valence-electron chi connectivity index (χ3n) is 2.16. The van der Waals surface area contributed by atoms with Gasteiger partial charge in [-0.2, -0.15) is 0 Å². The lowest BCUT2D eigenvalue weighted by atomic mass is 10.2. The molecule has 4 nitrogen and oxygen atoms in total. The van der Waals surface area contributed by atoms with E-state index in [0.29, 0.717) is 12.3 Å². The maximum atomic E-state index is 11.3. The number of aromatic nitrogens is 1. The smallest absolute Gasteiger partial charge is 0.411 e. The number of carbonyl (C=O) groups is 1. The van der Waals surface area contributed by atoms with Crippen LogP contribution < -0.4 is 5.32 Å². The second-order valence-corrected chi connectivity index (χ2v) is 3.22. The van der Waals surface area contributed by atoms with Crippen LogP contribution in [0.5, 0.6) is 0 Å². The second-order valence-electron chi connectivity index (χ2n) is 3.22. The summed E-state index contributed by atoms with van der Waals surface area (Å²) in [7, 11) is 0. The third-order valence-corrected chi connectivity index (χ3v) is 2.16.